The van der Waals surface area contributed by atoms with Gasteiger partial charge in [-0.3, -0.25) is 4.79 Å². The predicted octanol–water partition coefficient (Wildman–Crippen LogP) is 2.60. The molecule has 1 rings (SSSR count). The zero-order chi connectivity index (χ0) is 19.4. The zero-order valence-electron chi connectivity index (χ0n) is 13.5. The molecule has 1 aromatic carbocycles. The second-order valence-corrected chi connectivity index (χ2v) is 7.60. The van der Waals surface area contributed by atoms with Crippen LogP contribution in [-0.2, 0) is 21.0 Å². The van der Waals surface area contributed by atoms with Gasteiger partial charge >= 0.3 is 12.1 Å². The van der Waals surface area contributed by atoms with Crippen molar-refractivity contribution in [1.82, 2.24) is 4.72 Å². The van der Waals surface area contributed by atoms with Crippen LogP contribution in [0, 0.1) is 23.2 Å². The highest BCUT2D eigenvalue weighted by molar-refractivity contribution is 7.89. The number of benzene rings is 1. The van der Waals surface area contributed by atoms with Crippen LogP contribution in [0.15, 0.2) is 23.1 Å². The molecule has 0 aliphatic carbocycles. The summed E-state index contributed by atoms with van der Waals surface area (Å²) in [6, 6.07) is 3.35. The van der Waals surface area contributed by atoms with E-state index in [2.05, 4.69) is 0 Å². The number of carboxylic acid groups (broad SMARTS) is 1. The second kappa shape index (κ2) is 7.84. The third-order valence-corrected chi connectivity index (χ3v) is 4.77. The Hall–Kier alpha value is -2.12. The van der Waals surface area contributed by atoms with Crippen LogP contribution in [-0.4, -0.2) is 26.0 Å². The van der Waals surface area contributed by atoms with Gasteiger partial charge < -0.3 is 5.11 Å². The Balaban J connectivity index is 3.11. The molecule has 0 saturated carbocycles. The van der Waals surface area contributed by atoms with E-state index >= 15 is 0 Å². The minimum atomic E-state index is -4.89. The lowest BCUT2D eigenvalue weighted by Crippen LogP contribution is -2.33. The van der Waals surface area contributed by atoms with Crippen molar-refractivity contribution >= 4 is 16.0 Å². The maximum absolute atomic E-state index is 12.9. The molecule has 0 radical (unpaired) electrons. The fourth-order valence-corrected chi connectivity index (χ4v) is 3.26. The number of nitriles is 1. The molecule has 0 heterocycles. The number of carbonyl (C=O) groups is 1. The highest BCUT2D eigenvalue weighted by atomic mass is 32.2. The molecule has 10 heteroatoms. The third-order valence-electron chi connectivity index (χ3n) is 3.35. The van der Waals surface area contributed by atoms with Gasteiger partial charge in [0.2, 0.25) is 10.0 Å². The molecule has 6 nitrogen and oxygen atoms in total. The summed E-state index contributed by atoms with van der Waals surface area (Å²) in [6.45, 7) is 3.08. The van der Waals surface area contributed by atoms with E-state index in [4.69, 9.17) is 10.4 Å². The van der Waals surface area contributed by atoms with Gasteiger partial charge in [0.1, 0.15) is 0 Å². The Labute approximate surface area is 143 Å². The fourth-order valence-electron chi connectivity index (χ4n) is 2.16. The van der Waals surface area contributed by atoms with Crippen molar-refractivity contribution in [1.29, 1.82) is 5.26 Å². The maximum Gasteiger partial charge on any atom is 0.417 e. The second-order valence-electron chi connectivity index (χ2n) is 5.83. The van der Waals surface area contributed by atoms with Crippen molar-refractivity contribution in [2.45, 2.75) is 31.3 Å². The van der Waals surface area contributed by atoms with Crippen LogP contribution in [0.5, 0.6) is 0 Å². The number of nitrogens with one attached hydrogen (secondary N) is 1. The molecule has 1 aromatic rings. The van der Waals surface area contributed by atoms with Crippen molar-refractivity contribution in [3.63, 3.8) is 0 Å². The first-order valence-electron chi connectivity index (χ1n) is 7.22. The van der Waals surface area contributed by atoms with Crippen LogP contribution >= 0.6 is 0 Å². The van der Waals surface area contributed by atoms with Gasteiger partial charge in [-0.1, -0.05) is 13.8 Å². The van der Waals surface area contributed by atoms with Gasteiger partial charge in [0.05, 0.1) is 28.0 Å². The number of halogens is 3. The Bertz CT molecular complexity index is 783. The Kier molecular flexibility index (Phi) is 6.56. The zero-order valence-corrected chi connectivity index (χ0v) is 14.3. The molecule has 0 fully saturated rings. The van der Waals surface area contributed by atoms with E-state index < -0.39 is 50.7 Å². The van der Waals surface area contributed by atoms with Crippen molar-refractivity contribution < 1.29 is 31.5 Å². The summed E-state index contributed by atoms with van der Waals surface area (Å²) in [6.07, 6.45) is -4.68. The lowest BCUT2D eigenvalue weighted by Gasteiger charge is -2.16. The molecule has 0 aliphatic rings. The summed E-state index contributed by atoms with van der Waals surface area (Å²) < 4.78 is 65.1. The van der Waals surface area contributed by atoms with Crippen LogP contribution in [0.3, 0.4) is 0 Å². The fraction of sp³-hybridized carbons (Fsp3) is 0.467. The largest absolute Gasteiger partial charge is 0.481 e. The molecule has 25 heavy (non-hydrogen) atoms. The van der Waals surface area contributed by atoms with Crippen LogP contribution in [0.4, 0.5) is 13.2 Å². The molecule has 138 valence electrons. The monoisotopic (exact) mass is 378 g/mol. The average molecular weight is 378 g/mol. The number of rotatable bonds is 7. The topological polar surface area (TPSA) is 107 Å². The van der Waals surface area contributed by atoms with Crippen LogP contribution in [0.25, 0.3) is 0 Å². The van der Waals surface area contributed by atoms with Crippen LogP contribution in [0.2, 0.25) is 0 Å². The molecular weight excluding hydrogens is 361 g/mol. The number of nitrogens with zero attached hydrogens (tertiary/aromatic N) is 1. The van der Waals surface area contributed by atoms with Gasteiger partial charge in [0, 0.05) is 6.54 Å². The summed E-state index contributed by atoms with van der Waals surface area (Å²) >= 11 is 0. The number of aliphatic carboxylic acids is 1. The van der Waals surface area contributed by atoms with Crippen molar-refractivity contribution in [2.24, 2.45) is 11.8 Å². The predicted molar refractivity (Wildman–Crippen MR) is 81.9 cm³/mol. The minimum Gasteiger partial charge on any atom is -0.481 e. The van der Waals surface area contributed by atoms with Crippen LogP contribution in [0.1, 0.15) is 31.4 Å². The quantitative estimate of drug-likeness (QED) is 0.758. The molecule has 0 amide bonds. The van der Waals surface area contributed by atoms with E-state index in [1.807, 2.05) is 4.72 Å². The van der Waals surface area contributed by atoms with Gasteiger partial charge in [0.25, 0.3) is 0 Å². The van der Waals surface area contributed by atoms with E-state index in [-0.39, 0.29) is 12.3 Å². The molecule has 1 atom stereocenters. The Morgan fingerprint density at radius 2 is 1.96 bits per heavy atom. The smallest absolute Gasteiger partial charge is 0.417 e. The highest BCUT2D eigenvalue weighted by Crippen LogP contribution is 2.33. The lowest BCUT2D eigenvalue weighted by atomic mass is 9.98. The minimum absolute atomic E-state index is 0.00246. The molecular formula is C15H17F3N2O4S. The Morgan fingerprint density at radius 3 is 2.40 bits per heavy atom. The highest BCUT2D eigenvalue weighted by Gasteiger charge is 2.35. The summed E-state index contributed by atoms with van der Waals surface area (Å²) in [4.78, 5) is 10.5. The van der Waals surface area contributed by atoms with Crippen molar-refractivity contribution in [3.05, 3.63) is 29.3 Å². The lowest BCUT2D eigenvalue weighted by molar-refractivity contribution is -0.142. The van der Waals surface area contributed by atoms with E-state index in [9.17, 15) is 26.4 Å². The summed E-state index contributed by atoms with van der Waals surface area (Å²) in [5.74, 6) is -2.21. The third kappa shape index (κ3) is 5.72. The van der Waals surface area contributed by atoms with Crippen molar-refractivity contribution in [3.8, 4) is 6.07 Å². The summed E-state index contributed by atoms with van der Waals surface area (Å²) in [5, 5.41) is 17.8. The molecule has 0 spiro atoms. The molecule has 0 saturated heterocycles. The Morgan fingerprint density at radius 1 is 1.36 bits per heavy atom. The van der Waals surface area contributed by atoms with Gasteiger partial charge in [-0.05, 0) is 30.5 Å². The molecule has 0 bridgehead atoms. The van der Waals surface area contributed by atoms with Crippen LogP contribution < -0.4 is 4.72 Å². The van der Waals surface area contributed by atoms with E-state index in [0.717, 1.165) is 12.1 Å². The van der Waals surface area contributed by atoms with E-state index in [0.29, 0.717) is 6.07 Å². The first-order chi connectivity index (χ1) is 11.4. The summed E-state index contributed by atoms with van der Waals surface area (Å²) in [7, 11) is -4.36. The first-order valence-corrected chi connectivity index (χ1v) is 8.70. The number of alkyl halides is 3. The normalized spacial score (nSPS) is 13.5. The number of hydrogen-bond donors (Lipinski definition) is 2. The average Bonchev–Trinajstić information content (AvgIpc) is 2.49. The SMILES string of the molecule is CC(C)CC(CNS(=O)(=O)c1ccc(C#N)c(C(F)(F)F)c1)C(=O)O. The molecule has 1 unspecified atom stereocenters. The number of carboxylic acids is 1. The first kappa shape index (κ1) is 20.9. The molecule has 0 aromatic heterocycles. The van der Waals surface area contributed by atoms with E-state index in [1.165, 1.54) is 6.07 Å². The standard InChI is InChI=1S/C15H17F3N2O4S/c1-9(2)5-11(14(21)22)8-20-25(23,24)12-4-3-10(7-19)13(6-12)15(16,17)18/h3-4,6,9,11,20H,5,8H2,1-2H3,(H,21,22). The van der Waals surface area contributed by atoms with Crippen molar-refractivity contribution in [2.75, 3.05) is 6.54 Å². The van der Waals surface area contributed by atoms with Gasteiger partial charge in [0.15, 0.2) is 0 Å². The maximum atomic E-state index is 12.9. The molecule has 2 N–H and O–H groups in total. The number of sulfonamides is 1. The number of hydrogen-bond acceptors (Lipinski definition) is 4. The van der Waals surface area contributed by atoms with Gasteiger partial charge in [-0.2, -0.15) is 18.4 Å². The van der Waals surface area contributed by atoms with E-state index in [1.54, 1.807) is 13.8 Å². The molecule has 0 aliphatic heterocycles. The summed E-state index contributed by atoms with van der Waals surface area (Å²) in [5.41, 5.74) is -2.07. The van der Waals surface area contributed by atoms with Gasteiger partial charge in [-0.25, -0.2) is 13.1 Å². The van der Waals surface area contributed by atoms with Gasteiger partial charge in [-0.15, -0.1) is 0 Å².